The second-order valence-electron chi connectivity index (χ2n) is 7.37. The van der Waals surface area contributed by atoms with E-state index < -0.39 is 9.93 Å². The minimum atomic E-state index is -1.42. The molecule has 3 rings (SSSR count). The van der Waals surface area contributed by atoms with Gasteiger partial charge in [-0.25, -0.2) is 0 Å². The van der Waals surface area contributed by atoms with Crippen molar-refractivity contribution >= 4 is 21.5 Å². The maximum atomic E-state index is 11.2. The Hall–Kier alpha value is 0.960. The number of carbonyl (C=O) groups excluding carboxylic acids is 2. The Bertz CT molecular complexity index is 462. The molecule has 0 aliphatic heterocycles. The maximum Gasteiger partial charge on any atom is 1.00 e. The molecule has 0 atom stereocenters. The number of ketones is 2. The standard InChI is InChI=1S/C8H12O.C7H10O.C3H9OS.HI.Na.H/c9-7-3-1-2-4-8(7)5-6-8;1-6-4-2-3-5-7(6)8;1-5(2,3)4;;;/h1-6H2;1-5H2;1-3H3;1H;;/q;;+1;;+1;-1/p-1. The predicted molar refractivity (Wildman–Crippen MR) is 94.7 cm³/mol. The van der Waals surface area contributed by atoms with Crippen LogP contribution in [-0.2, 0) is 23.7 Å². The zero-order valence-electron chi connectivity index (χ0n) is 16.8. The predicted octanol–water partition coefficient (Wildman–Crippen LogP) is -1.91. The summed E-state index contributed by atoms with van der Waals surface area (Å²) in [5.41, 5.74) is 1.08. The van der Waals surface area contributed by atoms with Gasteiger partial charge in [-0.05, 0) is 50.5 Å². The molecule has 0 unspecified atom stereocenters. The molecule has 3 fully saturated rings. The van der Waals surface area contributed by atoms with E-state index in [0.717, 1.165) is 44.1 Å². The number of rotatable bonds is 0. The summed E-state index contributed by atoms with van der Waals surface area (Å²) < 4.78 is 10.2. The molecule has 0 N–H and O–H groups in total. The molecule has 1 spiro atoms. The third-order valence-electron chi connectivity index (χ3n) is 4.28. The Morgan fingerprint density at radius 3 is 1.67 bits per heavy atom. The first kappa shape index (κ1) is 27.2. The number of hydrogen-bond acceptors (Lipinski definition) is 3. The van der Waals surface area contributed by atoms with Gasteiger partial charge in [-0.1, -0.05) is 13.0 Å². The molecule has 0 aromatic carbocycles. The van der Waals surface area contributed by atoms with Gasteiger partial charge in [-0.3, -0.25) is 9.59 Å². The molecular formula is C18H32INaO3S. The molecule has 136 valence electrons. The van der Waals surface area contributed by atoms with Crippen LogP contribution >= 0.6 is 0 Å². The first-order valence-electron chi connectivity index (χ1n) is 8.27. The van der Waals surface area contributed by atoms with Crippen molar-refractivity contribution in [2.75, 3.05) is 18.8 Å². The first-order chi connectivity index (χ1) is 10.1. The van der Waals surface area contributed by atoms with Crippen LogP contribution in [0.2, 0.25) is 0 Å². The SMILES string of the molecule is C=C1CCCCC1=O.C[S+](C)(C)=O.O=C1CCCCC12CC2.[H-].[I-].[Na+]. The van der Waals surface area contributed by atoms with E-state index in [4.69, 9.17) is 0 Å². The Kier molecular flexibility index (Phi) is 14.0. The van der Waals surface area contributed by atoms with E-state index in [1.807, 2.05) is 0 Å². The van der Waals surface area contributed by atoms with Crippen molar-refractivity contribution in [3.8, 4) is 0 Å². The van der Waals surface area contributed by atoms with E-state index in [2.05, 4.69) is 6.58 Å². The second kappa shape index (κ2) is 12.4. The summed E-state index contributed by atoms with van der Waals surface area (Å²) in [5, 5.41) is 0. The molecule has 0 amide bonds. The third-order valence-corrected chi connectivity index (χ3v) is 4.28. The van der Waals surface area contributed by atoms with Gasteiger partial charge in [-0.15, -0.1) is 4.21 Å². The Morgan fingerprint density at radius 2 is 1.38 bits per heavy atom. The van der Waals surface area contributed by atoms with E-state index in [0.29, 0.717) is 5.78 Å². The minimum absolute atomic E-state index is 0. The Morgan fingerprint density at radius 1 is 0.917 bits per heavy atom. The molecule has 0 aromatic heterocycles. The van der Waals surface area contributed by atoms with Crippen molar-refractivity contribution in [2.24, 2.45) is 5.41 Å². The minimum Gasteiger partial charge on any atom is -1.00 e. The quantitative estimate of drug-likeness (QED) is 0.177. The summed E-state index contributed by atoms with van der Waals surface area (Å²) in [5.74, 6) is 0.838. The summed E-state index contributed by atoms with van der Waals surface area (Å²) >= 11 is 0. The van der Waals surface area contributed by atoms with E-state index in [1.165, 1.54) is 25.7 Å². The van der Waals surface area contributed by atoms with Crippen LogP contribution in [0.1, 0.15) is 65.6 Å². The fraction of sp³-hybridized carbons (Fsp3) is 0.778. The molecule has 3 nitrogen and oxygen atoms in total. The fourth-order valence-corrected chi connectivity index (χ4v) is 2.77. The summed E-state index contributed by atoms with van der Waals surface area (Å²) in [4.78, 5) is 21.9. The normalized spacial score (nSPS) is 21.2. The van der Waals surface area contributed by atoms with Gasteiger partial charge < -0.3 is 25.4 Å². The van der Waals surface area contributed by atoms with E-state index in [-0.39, 0.29) is 66.2 Å². The van der Waals surface area contributed by atoms with Crippen LogP contribution in [0.5, 0.6) is 0 Å². The van der Waals surface area contributed by atoms with Crippen molar-refractivity contribution in [3.05, 3.63) is 12.2 Å². The number of hydrogen-bond donors (Lipinski definition) is 0. The largest absolute Gasteiger partial charge is 1.00 e. The second-order valence-corrected chi connectivity index (χ2v) is 10.8. The van der Waals surface area contributed by atoms with Crippen LogP contribution in [-0.4, -0.2) is 30.3 Å². The van der Waals surface area contributed by atoms with Crippen molar-refractivity contribution in [2.45, 2.75) is 64.2 Å². The van der Waals surface area contributed by atoms with Crippen LogP contribution in [0.15, 0.2) is 12.2 Å². The number of allylic oxidation sites excluding steroid dienone is 1. The van der Waals surface area contributed by atoms with Gasteiger partial charge in [0.1, 0.15) is 24.6 Å². The molecule has 0 radical (unpaired) electrons. The van der Waals surface area contributed by atoms with Crippen LogP contribution in [0, 0.1) is 5.41 Å². The summed E-state index contributed by atoms with van der Waals surface area (Å²) in [7, 11) is -1.42. The van der Waals surface area contributed by atoms with Gasteiger partial charge in [0.05, 0.1) is 9.93 Å². The molecule has 3 saturated carbocycles. The molecule has 0 aromatic rings. The Balaban J connectivity index is -0.000000285. The molecule has 24 heavy (non-hydrogen) atoms. The molecule has 0 bridgehead atoms. The van der Waals surface area contributed by atoms with Crippen molar-refractivity contribution in [1.29, 1.82) is 0 Å². The summed E-state index contributed by atoms with van der Waals surface area (Å²) in [6, 6.07) is 0. The van der Waals surface area contributed by atoms with Crippen molar-refractivity contribution < 1.29 is 68.8 Å². The molecule has 6 heteroatoms. The Labute approximate surface area is 189 Å². The molecule has 3 aliphatic carbocycles. The van der Waals surface area contributed by atoms with Crippen LogP contribution in [0.3, 0.4) is 0 Å². The van der Waals surface area contributed by atoms with Crippen molar-refractivity contribution in [1.82, 2.24) is 0 Å². The molecule has 0 heterocycles. The van der Waals surface area contributed by atoms with Gasteiger partial charge in [0.2, 0.25) is 0 Å². The first-order valence-corrected chi connectivity index (χ1v) is 11.1. The number of carbonyl (C=O) groups is 2. The third kappa shape index (κ3) is 11.6. The smallest absolute Gasteiger partial charge is 1.00 e. The topological polar surface area (TPSA) is 51.2 Å². The zero-order chi connectivity index (χ0) is 16.8. The van der Waals surface area contributed by atoms with E-state index >= 15 is 0 Å². The molecule has 0 saturated heterocycles. The summed E-state index contributed by atoms with van der Waals surface area (Å²) in [6.07, 6.45) is 16.0. The average Bonchev–Trinajstić information content (AvgIpc) is 3.17. The van der Waals surface area contributed by atoms with E-state index in [9.17, 15) is 13.8 Å². The van der Waals surface area contributed by atoms with Crippen LogP contribution in [0.4, 0.5) is 0 Å². The van der Waals surface area contributed by atoms with Crippen LogP contribution < -0.4 is 53.5 Å². The number of halogens is 1. The van der Waals surface area contributed by atoms with Gasteiger partial charge in [0, 0.05) is 18.3 Å². The van der Waals surface area contributed by atoms with Gasteiger partial charge in [0.25, 0.3) is 0 Å². The molecular weight excluding hydrogens is 446 g/mol. The zero-order valence-corrected chi connectivity index (χ0v) is 20.8. The van der Waals surface area contributed by atoms with E-state index in [1.54, 1.807) is 18.8 Å². The molecule has 3 aliphatic rings. The van der Waals surface area contributed by atoms with Crippen molar-refractivity contribution in [3.63, 3.8) is 0 Å². The van der Waals surface area contributed by atoms with Gasteiger partial charge >= 0.3 is 29.6 Å². The van der Waals surface area contributed by atoms with Gasteiger partial charge in [0.15, 0.2) is 5.78 Å². The van der Waals surface area contributed by atoms with Gasteiger partial charge in [-0.2, -0.15) is 0 Å². The number of Topliss-reactive ketones (excluding diaryl/α,β-unsaturated/α-hetero) is 2. The summed E-state index contributed by atoms with van der Waals surface area (Å²) in [6.45, 7) is 3.65. The monoisotopic (exact) mass is 478 g/mol. The fourth-order valence-electron chi connectivity index (χ4n) is 2.77. The van der Waals surface area contributed by atoms with Crippen LogP contribution in [0.25, 0.3) is 0 Å². The maximum absolute atomic E-state index is 11.2. The average molecular weight is 478 g/mol.